The van der Waals surface area contributed by atoms with Gasteiger partial charge in [-0.15, -0.1) is 24.0 Å². The average molecular weight is 545 g/mol. The number of primary amides is 1. The Kier molecular flexibility index (Phi) is 10.2. The highest BCUT2D eigenvalue weighted by atomic mass is 127. The number of carbonyl (C=O) groups excluding carboxylic acids is 1. The van der Waals surface area contributed by atoms with Crippen molar-refractivity contribution in [1.29, 1.82) is 0 Å². The van der Waals surface area contributed by atoms with Gasteiger partial charge in [-0.25, -0.2) is 9.38 Å². The second-order valence-electron chi connectivity index (χ2n) is 6.92. The molecule has 1 amide bonds. The molecule has 1 aliphatic heterocycles. The molecule has 170 valence electrons. The molecule has 0 saturated carbocycles. The van der Waals surface area contributed by atoms with Gasteiger partial charge >= 0.3 is 0 Å². The van der Waals surface area contributed by atoms with E-state index in [1.807, 2.05) is 19.1 Å². The summed E-state index contributed by atoms with van der Waals surface area (Å²) in [5.41, 5.74) is 6.24. The number of furan rings is 1. The first kappa shape index (κ1) is 25.1. The van der Waals surface area contributed by atoms with E-state index in [4.69, 9.17) is 14.9 Å². The summed E-state index contributed by atoms with van der Waals surface area (Å²) >= 11 is 0. The first-order valence-electron chi connectivity index (χ1n) is 10.0. The monoisotopic (exact) mass is 545 g/mol. The van der Waals surface area contributed by atoms with Crippen molar-refractivity contribution >= 4 is 35.8 Å². The number of rotatable bonds is 8. The van der Waals surface area contributed by atoms with Crippen LogP contribution in [0.1, 0.15) is 34.8 Å². The maximum atomic E-state index is 13.4. The fourth-order valence-corrected chi connectivity index (χ4v) is 3.32. The Balaban J connectivity index is 0.00000341. The van der Waals surface area contributed by atoms with Gasteiger partial charge in [-0.3, -0.25) is 9.69 Å². The number of ether oxygens (including phenoxy) is 1. The quantitative estimate of drug-likeness (QED) is 0.267. The van der Waals surface area contributed by atoms with E-state index in [-0.39, 0.29) is 48.1 Å². The van der Waals surface area contributed by atoms with Gasteiger partial charge < -0.3 is 25.5 Å². The number of amides is 1. The van der Waals surface area contributed by atoms with Crippen LogP contribution in [-0.4, -0.2) is 56.2 Å². The zero-order valence-corrected chi connectivity index (χ0v) is 19.8. The van der Waals surface area contributed by atoms with Crippen molar-refractivity contribution in [2.24, 2.45) is 10.7 Å². The van der Waals surface area contributed by atoms with Gasteiger partial charge in [-0.2, -0.15) is 0 Å². The molecule has 0 aliphatic carbocycles. The Morgan fingerprint density at radius 3 is 2.52 bits per heavy atom. The van der Waals surface area contributed by atoms with Crippen LogP contribution in [0.25, 0.3) is 0 Å². The number of nitrogens with one attached hydrogen (secondary N) is 2. The molecule has 1 atom stereocenters. The summed E-state index contributed by atoms with van der Waals surface area (Å²) in [5, 5.41) is 6.56. The van der Waals surface area contributed by atoms with Gasteiger partial charge in [0.1, 0.15) is 18.1 Å². The molecule has 1 aromatic carbocycles. The molecule has 1 saturated heterocycles. The summed E-state index contributed by atoms with van der Waals surface area (Å²) in [6.45, 7) is 6.48. The highest BCUT2D eigenvalue weighted by Gasteiger charge is 2.23. The molecule has 0 bridgehead atoms. The fourth-order valence-electron chi connectivity index (χ4n) is 3.32. The number of aliphatic imine (C=N–C) groups is 1. The largest absolute Gasteiger partial charge is 0.454 e. The maximum Gasteiger partial charge on any atom is 0.284 e. The van der Waals surface area contributed by atoms with E-state index >= 15 is 0 Å². The molecule has 2 heterocycles. The third-order valence-electron chi connectivity index (χ3n) is 4.85. The van der Waals surface area contributed by atoms with Crippen LogP contribution < -0.4 is 16.4 Å². The van der Waals surface area contributed by atoms with E-state index in [1.54, 1.807) is 6.07 Å². The van der Waals surface area contributed by atoms with Crippen LogP contribution in [-0.2, 0) is 11.3 Å². The van der Waals surface area contributed by atoms with E-state index in [1.165, 1.54) is 18.2 Å². The summed E-state index contributed by atoms with van der Waals surface area (Å²) in [7, 11) is 0. The maximum absolute atomic E-state index is 13.4. The molecule has 4 N–H and O–H groups in total. The van der Waals surface area contributed by atoms with Crippen LogP contribution in [0.4, 0.5) is 4.39 Å². The Morgan fingerprint density at radius 1 is 1.19 bits per heavy atom. The van der Waals surface area contributed by atoms with Crippen LogP contribution in [0.3, 0.4) is 0 Å². The molecule has 1 fully saturated rings. The normalized spacial score (nSPS) is 15.7. The van der Waals surface area contributed by atoms with Gasteiger partial charge in [0.2, 0.25) is 0 Å². The van der Waals surface area contributed by atoms with Crippen LogP contribution >= 0.6 is 24.0 Å². The molecule has 0 radical (unpaired) electrons. The number of hydrogen-bond acceptors (Lipinski definition) is 5. The lowest BCUT2D eigenvalue weighted by Gasteiger charge is -2.35. The van der Waals surface area contributed by atoms with Gasteiger partial charge in [0.15, 0.2) is 11.7 Å². The number of morpholine rings is 1. The van der Waals surface area contributed by atoms with E-state index in [2.05, 4.69) is 20.5 Å². The number of guanidine groups is 1. The summed E-state index contributed by atoms with van der Waals surface area (Å²) in [6, 6.07) is 9.86. The minimum absolute atomic E-state index is 0. The van der Waals surface area contributed by atoms with E-state index in [9.17, 15) is 9.18 Å². The van der Waals surface area contributed by atoms with Crippen molar-refractivity contribution < 1.29 is 18.3 Å². The van der Waals surface area contributed by atoms with Crippen molar-refractivity contribution in [3.8, 4) is 0 Å². The standard InChI is InChI=1S/C21H28FN5O3.HI/c1-2-24-21(25-13-17-7-8-19(30-17)20(23)28)26-14-18(27-9-11-29-12-10-27)15-3-5-16(22)6-4-15;/h3-8,18H,2,9-14H2,1H3,(H2,23,28)(H2,24,25,26);1H. The topological polar surface area (TPSA) is 105 Å². The van der Waals surface area contributed by atoms with Crippen LogP contribution in [0.15, 0.2) is 45.8 Å². The second kappa shape index (κ2) is 12.6. The van der Waals surface area contributed by atoms with Crippen LogP contribution in [0.2, 0.25) is 0 Å². The number of carbonyl (C=O) groups is 1. The number of nitrogens with zero attached hydrogens (tertiary/aromatic N) is 2. The summed E-state index contributed by atoms with van der Waals surface area (Å²) in [4.78, 5) is 18.0. The lowest BCUT2D eigenvalue weighted by Crippen LogP contribution is -2.46. The van der Waals surface area contributed by atoms with Crippen molar-refractivity contribution in [1.82, 2.24) is 15.5 Å². The highest BCUT2D eigenvalue weighted by Crippen LogP contribution is 2.21. The molecular formula is C21H29FIN5O3. The predicted molar refractivity (Wildman–Crippen MR) is 127 cm³/mol. The van der Waals surface area contributed by atoms with Gasteiger partial charge in [-0.1, -0.05) is 12.1 Å². The van der Waals surface area contributed by atoms with Crippen LogP contribution in [0.5, 0.6) is 0 Å². The summed E-state index contributed by atoms with van der Waals surface area (Å²) in [5.74, 6) is 0.417. The van der Waals surface area contributed by atoms with Crippen LogP contribution in [0, 0.1) is 5.82 Å². The first-order chi connectivity index (χ1) is 14.6. The van der Waals surface area contributed by atoms with E-state index < -0.39 is 5.91 Å². The number of benzene rings is 1. The molecular weight excluding hydrogens is 516 g/mol. The molecule has 3 rings (SSSR count). The SMILES string of the molecule is CCNC(=NCc1ccc(C(N)=O)o1)NCC(c1ccc(F)cc1)N1CCOCC1.I. The van der Waals surface area contributed by atoms with Crippen molar-refractivity contribution in [2.75, 3.05) is 39.4 Å². The molecule has 0 spiro atoms. The highest BCUT2D eigenvalue weighted by molar-refractivity contribution is 14.0. The minimum Gasteiger partial charge on any atom is -0.454 e. The molecule has 1 aromatic heterocycles. The minimum atomic E-state index is -0.608. The fraction of sp³-hybridized carbons (Fsp3) is 0.429. The lowest BCUT2D eigenvalue weighted by molar-refractivity contribution is 0.0170. The molecule has 1 unspecified atom stereocenters. The molecule has 8 nitrogen and oxygen atoms in total. The molecule has 2 aromatic rings. The Morgan fingerprint density at radius 2 is 1.90 bits per heavy atom. The number of nitrogens with two attached hydrogens (primary N) is 1. The van der Waals surface area contributed by atoms with Crippen molar-refractivity contribution in [3.05, 3.63) is 59.3 Å². The van der Waals surface area contributed by atoms with Gasteiger partial charge in [0.05, 0.1) is 19.3 Å². The summed E-state index contributed by atoms with van der Waals surface area (Å²) in [6.07, 6.45) is 0. The average Bonchev–Trinajstić information content (AvgIpc) is 3.23. The molecule has 31 heavy (non-hydrogen) atoms. The smallest absolute Gasteiger partial charge is 0.284 e. The first-order valence-corrected chi connectivity index (χ1v) is 10.0. The predicted octanol–water partition coefficient (Wildman–Crippen LogP) is 2.26. The van der Waals surface area contributed by atoms with Crippen molar-refractivity contribution in [2.45, 2.75) is 19.5 Å². The molecule has 10 heteroatoms. The lowest BCUT2D eigenvalue weighted by atomic mass is 10.0. The number of halogens is 2. The summed E-state index contributed by atoms with van der Waals surface area (Å²) < 4.78 is 24.3. The van der Waals surface area contributed by atoms with E-state index in [0.29, 0.717) is 38.0 Å². The van der Waals surface area contributed by atoms with Gasteiger partial charge in [0, 0.05) is 26.2 Å². The van der Waals surface area contributed by atoms with Crippen molar-refractivity contribution in [3.63, 3.8) is 0 Å². The zero-order chi connectivity index (χ0) is 21.3. The second-order valence-corrected chi connectivity index (χ2v) is 6.92. The van der Waals surface area contributed by atoms with Gasteiger partial charge in [-0.05, 0) is 36.8 Å². The Labute approximate surface area is 198 Å². The Hall–Kier alpha value is -2.18. The zero-order valence-electron chi connectivity index (χ0n) is 17.5. The van der Waals surface area contributed by atoms with Gasteiger partial charge in [0.25, 0.3) is 5.91 Å². The third kappa shape index (κ3) is 7.47. The van der Waals surface area contributed by atoms with E-state index in [0.717, 1.165) is 18.7 Å². The Bertz CT molecular complexity index is 853. The molecule has 1 aliphatic rings. The third-order valence-corrected chi connectivity index (χ3v) is 4.85. The number of hydrogen-bond donors (Lipinski definition) is 3.